The van der Waals surface area contributed by atoms with Gasteiger partial charge in [0.05, 0.1) is 14.2 Å². The number of methoxy groups -OCH3 is 2. The Morgan fingerprint density at radius 3 is 2.55 bits per heavy atom. The summed E-state index contributed by atoms with van der Waals surface area (Å²) in [4.78, 5) is 31.2. The number of unbranched alkanes of at least 4 members (excludes halogenated alkanes) is 3. The van der Waals surface area contributed by atoms with E-state index in [4.69, 9.17) is 9.47 Å². The minimum atomic E-state index is -0.458. The number of benzene rings is 1. The summed E-state index contributed by atoms with van der Waals surface area (Å²) in [5, 5.41) is 0. The summed E-state index contributed by atoms with van der Waals surface area (Å²) in [7, 11) is 6.60. The maximum Gasteiger partial charge on any atom is 0.409 e. The van der Waals surface area contributed by atoms with Crippen molar-refractivity contribution in [3.8, 4) is 5.75 Å². The van der Waals surface area contributed by atoms with Crippen LogP contribution in [0.4, 0.5) is 4.79 Å². The summed E-state index contributed by atoms with van der Waals surface area (Å²) >= 11 is 0. The van der Waals surface area contributed by atoms with E-state index < -0.39 is 5.97 Å². The van der Waals surface area contributed by atoms with Crippen molar-refractivity contribution in [3.05, 3.63) is 41.7 Å². The van der Waals surface area contributed by atoms with Crippen LogP contribution in [0, 0.1) is 0 Å². The number of ether oxygens (including phenoxy) is 3. The summed E-state index contributed by atoms with van der Waals surface area (Å²) in [6, 6.07) is 7.23. The van der Waals surface area contributed by atoms with Crippen molar-refractivity contribution in [2.24, 2.45) is 4.99 Å². The molecular weight excluding hydrogens is 374 g/mol. The Kier molecular flexibility index (Phi) is 8.51. The van der Waals surface area contributed by atoms with E-state index in [9.17, 15) is 9.59 Å². The molecule has 1 aromatic carbocycles. The Hall–Kier alpha value is -3.03. The molecule has 8 nitrogen and oxygen atoms in total. The van der Waals surface area contributed by atoms with E-state index in [1.54, 1.807) is 31.3 Å². The third-order valence-corrected chi connectivity index (χ3v) is 4.52. The molecule has 8 heteroatoms. The number of nitrogens with zero attached hydrogens (tertiary/aromatic N) is 3. The van der Waals surface area contributed by atoms with E-state index in [1.165, 1.54) is 7.11 Å². The molecule has 1 aromatic rings. The Bertz CT molecular complexity index is 775. The fraction of sp³-hybridized carbons (Fsp3) is 0.476. The van der Waals surface area contributed by atoms with Crippen LogP contribution in [0.15, 0.2) is 41.2 Å². The van der Waals surface area contributed by atoms with Gasteiger partial charge in [-0.3, -0.25) is 0 Å². The molecule has 0 atom stereocenters. The van der Waals surface area contributed by atoms with Gasteiger partial charge < -0.3 is 24.0 Å². The van der Waals surface area contributed by atoms with Gasteiger partial charge in [0, 0.05) is 38.9 Å². The van der Waals surface area contributed by atoms with Gasteiger partial charge in [-0.15, -0.1) is 0 Å². The van der Waals surface area contributed by atoms with E-state index in [1.807, 2.05) is 30.1 Å². The molecule has 29 heavy (non-hydrogen) atoms. The van der Waals surface area contributed by atoms with Gasteiger partial charge in [0.1, 0.15) is 5.75 Å². The molecule has 1 aliphatic heterocycles. The van der Waals surface area contributed by atoms with E-state index >= 15 is 0 Å². The fourth-order valence-corrected chi connectivity index (χ4v) is 2.86. The lowest BCUT2D eigenvalue weighted by Crippen LogP contribution is -2.27. The largest absolute Gasteiger partial charge is 0.497 e. The standard InChI is InChI=1S/C21H29N3O5/c1-23(12-7-5-6-8-13-24(2)21(26)28-4)15-18-20(25)29-19(22-18)16-10-9-11-17(14-16)27-3/h9-11,14-15H,5-8,12-13H2,1-4H3. The molecule has 1 amide bonds. The van der Waals surface area contributed by atoms with Crippen LogP contribution in [-0.2, 0) is 14.3 Å². The Balaban J connectivity index is 1.78. The molecular formula is C21H29N3O5. The second kappa shape index (κ2) is 11.1. The highest BCUT2D eigenvalue weighted by molar-refractivity contribution is 6.11. The number of aliphatic imine (C=N–C) groups is 1. The number of cyclic esters (lactones) is 1. The zero-order valence-corrected chi connectivity index (χ0v) is 17.5. The number of carbonyl (C=O) groups is 2. The van der Waals surface area contributed by atoms with Gasteiger partial charge in [0.15, 0.2) is 5.70 Å². The van der Waals surface area contributed by atoms with Crippen molar-refractivity contribution in [1.29, 1.82) is 0 Å². The average Bonchev–Trinajstić information content (AvgIpc) is 3.09. The van der Waals surface area contributed by atoms with E-state index in [-0.39, 0.29) is 17.7 Å². The fourth-order valence-electron chi connectivity index (χ4n) is 2.86. The molecule has 0 radical (unpaired) electrons. The van der Waals surface area contributed by atoms with Crippen LogP contribution in [0.1, 0.15) is 31.2 Å². The van der Waals surface area contributed by atoms with Gasteiger partial charge >= 0.3 is 12.1 Å². The Labute approximate surface area is 171 Å². The smallest absolute Gasteiger partial charge is 0.409 e. The molecule has 0 aliphatic carbocycles. The third kappa shape index (κ3) is 6.81. The van der Waals surface area contributed by atoms with Crippen LogP contribution in [0.3, 0.4) is 0 Å². The van der Waals surface area contributed by atoms with Crippen molar-refractivity contribution in [1.82, 2.24) is 9.80 Å². The number of hydrogen-bond acceptors (Lipinski definition) is 7. The molecule has 0 unspecified atom stereocenters. The molecule has 0 spiro atoms. The van der Waals surface area contributed by atoms with Crippen molar-refractivity contribution < 1.29 is 23.8 Å². The summed E-state index contributed by atoms with van der Waals surface area (Å²) in [5.74, 6) is 0.498. The molecule has 0 saturated carbocycles. The van der Waals surface area contributed by atoms with E-state index in [0.717, 1.165) is 32.2 Å². The van der Waals surface area contributed by atoms with Gasteiger partial charge in [-0.05, 0) is 31.0 Å². The topological polar surface area (TPSA) is 80.7 Å². The maximum atomic E-state index is 12.1. The van der Waals surface area contributed by atoms with Gasteiger partial charge in [0.2, 0.25) is 5.90 Å². The first-order valence-corrected chi connectivity index (χ1v) is 9.61. The van der Waals surface area contributed by atoms with Crippen LogP contribution >= 0.6 is 0 Å². The van der Waals surface area contributed by atoms with Crippen LogP contribution in [0.5, 0.6) is 5.75 Å². The minimum absolute atomic E-state index is 0.281. The SMILES string of the molecule is COC(=O)N(C)CCCCCCN(C)C=C1N=C(c2cccc(OC)c2)OC1=O. The van der Waals surface area contributed by atoms with Crippen molar-refractivity contribution in [3.63, 3.8) is 0 Å². The number of esters is 1. The van der Waals surface area contributed by atoms with Gasteiger partial charge in [-0.25, -0.2) is 14.6 Å². The molecule has 158 valence electrons. The molecule has 0 bridgehead atoms. The van der Waals surface area contributed by atoms with Crippen LogP contribution in [-0.4, -0.2) is 69.2 Å². The lowest BCUT2D eigenvalue weighted by Gasteiger charge is -2.16. The average molecular weight is 403 g/mol. The lowest BCUT2D eigenvalue weighted by molar-refractivity contribution is -0.130. The van der Waals surface area contributed by atoms with Crippen LogP contribution in [0.25, 0.3) is 0 Å². The van der Waals surface area contributed by atoms with Crippen LogP contribution in [0.2, 0.25) is 0 Å². The maximum absolute atomic E-state index is 12.1. The predicted octanol–water partition coefficient (Wildman–Crippen LogP) is 3.03. The number of carbonyl (C=O) groups excluding carboxylic acids is 2. The first-order chi connectivity index (χ1) is 13.9. The summed E-state index contributed by atoms with van der Waals surface area (Å²) in [6.45, 7) is 1.48. The quantitative estimate of drug-likeness (QED) is 0.339. The van der Waals surface area contributed by atoms with Gasteiger partial charge in [-0.2, -0.15) is 0 Å². The number of amides is 1. The Morgan fingerprint density at radius 2 is 1.86 bits per heavy atom. The normalized spacial score (nSPS) is 14.4. The van der Waals surface area contributed by atoms with Crippen molar-refractivity contribution in [2.45, 2.75) is 25.7 Å². The molecule has 0 fully saturated rings. The second-order valence-electron chi connectivity index (χ2n) is 6.84. The molecule has 0 saturated heterocycles. The highest BCUT2D eigenvalue weighted by Crippen LogP contribution is 2.20. The first-order valence-electron chi connectivity index (χ1n) is 9.61. The zero-order valence-electron chi connectivity index (χ0n) is 17.5. The zero-order chi connectivity index (χ0) is 21.2. The molecule has 1 aliphatic rings. The predicted molar refractivity (Wildman–Crippen MR) is 110 cm³/mol. The summed E-state index contributed by atoms with van der Waals surface area (Å²) in [5.41, 5.74) is 0.977. The second-order valence-corrected chi connectivity index (χ2v) is 6.84. The van der Waals surface area contributed by atoms with Crippen molar-refractivity contribution >= 4 is 18.0 Å². The number of rotatable bonds is 10. The molecule has 2 rings (SSSR count). The lowest BCUT2D eigenvalue weighted by atomic mass is 10.2. The molecule has 1 heterocycles. The van der Waals surface area contributed by atoms with Gasteiger partial charge in [0.25, 0.3) is 0 Å². The summed E-state index contributed by atoms with van der Waals surface area (Å²) < 4.78 is 15.1. The van der Waals surface area contributed by atoms with Crippen LogP contribution < -0.4 is 4.74 Å². The summed E-state index contributed by atoms with van der Waals surface area (Å²) in [6.07, 6.45) is 5.35. The van der Waals surface area contributed by atoms with E-state index in [0.29, 0.717) is 17.9 Å². The Morgan fingerprint density at radius 1 is 1.14 bits per heavy atom. The first kappa shape index (κ1) is 22.3. The van der Waals surface area contributed by atoms with E-state index in [2.05, 4.69) is 9.73 Å². The highest BCUT2D eigenvalue weighted by Gasteiger charge is 2.24. The number of hydrogen-bond donors (Lipinski definition) is 0. The minimum Gasteiger partial charge on any atom is -0.497 e. The van der Waals surface area contributed by atoms with Gasteiger partial charge in [-0.1, -0.05) is 18.9 Å². The monoisotopic (exact) mass is 403 g/mol. The third-order valence-electron chi connectivity index (χ3n) is 4.52. The highest BCUT2D eigenvalue weighted by atomic mass is 16.6. The molecule has 0 N–H and O–H groups in total. The molecule has 0 aromatic heterocycles. The van der Waals surface area contributed by atoms with Crippen molar-refractivity contribution in [2.75, 3.05) is 41.4 Å².